The summed E-state index contributed by atoms with van der Waals surface area (Å²) in [5.41, 5.74) is 7.83. The first-order valence-corrected chi connectivity index (χ1v) is 4.79. The molecule has 1 aromatic carbocycles. The van der Waals surface area contributed by atoms with Crippen molar-refractivity contribution in [2.24, 2.45) is 0 Å². The van der Waals surface area contributed by atoms with Crippen molar-refractivity contribution in [2.75, 3.05) is 30.8 Å². The number of methoxy groups -OCH3 is 1. The molecule has 0 atom stereocenters. The monoisotopic (exact) mass is 192 g/mol. The van der Waals surface area contributed by atoms with Gasteiger partial charge in [-0.2, -0.15) is 0 Å². The molecule has 1 heterocycles. The Morgan fingerprint density at radius 1 is 1.36 bits per heavy atom. The standard InChI is InChI=1S/C11H16N2O/c1-11(14-2)7-13(8-11)10-6-4-3-5-9(10)12/h3-6H,7-8,12H2,1-2H3. The number of nitrogens with two attached hydrogens (primary N) is 1. The van der Waals surface area contributed by atoms with Gasteiger partial charge in [-0.25, -0.2) is 0 Å². The Bertz CT molecular complexity index is 332. The van der Waals surface area contributed by atoms with Gasteiger partial charge in [-0.15, -0.1) is 0 Å². The van der Waals surface area contributed by atoms with Gasteiger partial charge < -0.3 is 15.4 Å². The first-order valence-electron chi connectivity index (χ1n) is 4.79. The number of ether oxygens (including phenoxy) is 1. The number of hydrogen-bond acceptors (Lipinski definition) is 3. The summed E-state index contributed by atoms with van der Waals surface area (Å²) in [7, 11) is 1.76. The van der Waals surface area contributed by atoms with Crippen LogP contribution in [-0.4, -0.2) is 25.8 Å². The van der Waals surface area contributed by atoms with Gasteiger partial charge in [0.2, 0.25) is 0 Å². The lowest BCUT2D eigenvalue weighted by atomic mass is 9.95. The van der Waals surface area contributed by atoms with E-state index in [4.69, 9.17) is 10.5 Å². The predicted octanol–water partition coefficient (Wildman–Crippen LogP) is 1.49. The molecule has 0 aliphatic carbocycles. The average Bonchev–Trinajstić information content (AvgIpc) is 2.14. The zero-order chi connectivity index (χ0) is 10.2. The normalized spacial score (nSPS) is 19.1. The minimum atomic E-state index is 0.00226. The van der Waals surface area contributed by atoms with Crippen LogP contribution in [0.3, 0.4) is 0 Å². The summed E-state index contributed by atoms with van der Waals surface area (Å²) in [6, 6.07) is 7.94. The fourth-order valence-electron chi connectivity index (χ4n) is 1.84. The number of rotatable bonds is 2. The first-order chi connectivity index (χ1) is 6.64. The minimum absolute atomic E-state index is 0.00226. The summed E-state index contributed by atoms with van der Waals surface area (Å²) in [5.74, 6) is 0. The number of nitrogen functional groups attached to an aromatic ring is 1. The molecule has 0 amide bonds. The highest BCUT2D eigenvalue weighted by Gasteiger charge is 2.39. The number of hydrogen-bond donors (Lipinski definition) is 1. The molecule has 1 aliphatic heterocycles. The zero-order valence-electron chi connectivity index (χ0n) is 8.66. The van der Waals surface area contributed by atoms with Crippen molar-refractivity contribution in [3.63, 3.8) is 0 Å². The van der Waals surface area contributed by atoms with E-state index in [9.17, 15) is 0 Å². The van der Waals surface area contributed by atoms with Gasteiger partial charge >= 0.3 is 0 Å². The van der Waals surface area contributed by atoms with E-state index in [1.807, 2.05) is 24.3 Å². The highest BCUT2D eigenvalue weighted by Crippen LogP contribution is 2.32. The van der Waals surface area contributed by atoms with Gasteiger partial charge in [-0.05, 0) is 19.1 Å². The average molecular weight is 192 g/mol. The zero-order valence-corrected chi connectivity index (χ0v) is 8.66. The van der Waals surface area contributed by atoms with Crippen molar-refractivity contribution in [3.05, 3.63) is 24.3 Å². The smallest absolute Gasteiger partial charge is 0.0998 e. The lowest BCUT2D eigenvalue weighted by molar-refractivity contribution is -0.0167. The molecule has 1 aliphatic rings. The Kier molecular flexibility index (Phi) is 2.11. The molecule has 0 unspecified atom stereocenters. The van der Waals surface area contributed by atoms with Crippen LogP contribution in [0.15, 0.2) is 24.3 Å². The van der Waals surface area contributed by atoms with Gasteiger partial charge in [0.1, 0.15) is 0 Å². The van der Waals surface area contributed by atoms with Crippen molar-refractivity contribution in [1.82, 2.24) is 0 Å². The molecule has 0 aromatic heterocycles. The summed E-state index contributed by atoms with van der Waals surface area (Å²) in [5, 5.41) is 0. The van der Waals surface area contributed by atoms with E-state index in [-0.39, 0.29) is 5.60 Å². The van der Waals surface area contributed by atoms with E-state index in [2.05, 4.69) is 11.8 Å². The van der Waals surface area contributed by atoms with Crippen LogP contribution >= 0.6 is 0 Å². The summed E-state index contributed by atoms with van der Waals surface area (Å²) < 4.78 is 5.38. The Morgan fingerprint density at radius 3 is 2.57 bits per heavy atom. The number of nitrogens with zero attached hydrogens (tertiary/aromatic N) is 1. The van der Waals surface area contributed by atoms with E-state index in [0.717, 1.165) is 24.5 Å². The second kappa shape index (κ2) is 3.17. The van der Waals surface area contributed by atoms with Gasteiger partial charge in [-0.3, -0.25) is 0 Å². The Morgan fingerprint density at radius 2 is 2.00 bits per heavy atom. The van der Waals surface area contributed by atoms with Gasteiger partial charge in [-0.1, -0.05) is 12.1 Å². The van der Waals surface area contributed by atoms with Gasteiger partial charge in [0.15, 0.2) is 0 Å². The highest BCUT2D eigenvalue weighted by atomic mass is 16.5. The Balaban J connectivity index is 2.10. The Hall–Kier alpha value is -1.22. The molecule has 3 nitrogen and oxygen atoms in total. The van der Waals surface area contributed by atoms with Crippen molar-refractivity contribution >= 4 is 11.4 Å². The number of benzene rings is 1. The van der Waals surface area contributed by atoms with Crippen molar-refractivity contribution in [1.29, 1.82) is 0 Å². The molecule has 0 saturated carbocycles. The van der Waals surface area contributed by atoms with Crippen LogP contribution in [0.1, 0.15) is 6.92 Å². The van der Waals surface area contributed by atoms with Crippen LogP contribution in [0.2, 0.25) is 0 Å². The molecular formula is C11H16N2O. The summed E-state index contributed by atoms with van der Waals surface area (Å²) in [4.78, 5) is 2.23. The third kappa shape index (κ3) is 1.44. The molecule has 0 bridgehead atoms. The summed E-state index contributed by atoms with van der Waals surface area (Å²) in [6.45, 7) is 3.94. The highest BCUT2D eigenvalue weighted by molar-refractivity contribution is 5.68. The van der Waals surface area contributed by atoms with Crippen LogP contribution in [0.4, 0.5) is 11.4 Å². The predicted molar refractivity (Wildman–Crippen MR) is 58.5 cm³/mol. The largest absolute Gasteiger partial charge is 0.397 e. The molecule has 1 fully saturated rings. The lowest BCUT2D eigenvalue weighted by Gasteiger charge is -2.48. The molecule has 14 heavy (non-hydrogen) atoms. The van der Waals surface area contributed by atoms with Crippen LogP contribution < -0.4 is 10.6 Å². The first kappa shape index (κ1) is 9.34. The SMILES string of the molecule is COC1(C)CN(c2ccccc2N)C1. The Labute approximate surface area is 84.5 Å². The fraction of sp³-hybridized carbons (Fsp3) is 0.455. The molecule has 1 saturated heterocycles. The molecule has 1 aromatic rings. The van der Waals surface area contributed by atoms with Gasteiger partial charge in [0, 0.05) is 20.2 Å². The molecule has 0 spiro atoms. The molecule has 76 valence electrons. The quantitative estimate of drug-likeness (QED) is 0.721. The van der Waals surface area contributed by atoms with Crippen LogP contribution in [0, 0.1) is 0 Å². The second-order valence-electron chi connectivity index (χ2n) is 4.07. The van der Waals surface area contributed by atoms with Gasteiger partial charge in [0.05, 0.1) is 17.0 Å². The topological polar surface area (TPSA) is 38.5 Å². The third-order valence-corrected chi connectivity index (χ3v) is 2.82. The molecule has 0 radical (unpaired) electrons. The number of para-hydroxylation sites is 2. The maximum absolute atomic E-state index is 5.88. The van der Waals surface area contributed by atoms with E-state index in [1.54, 1.807) is 7.11 Å². The van der Waals surface area contributed by atoms with Crippen molar-refractivity contribution in [2.45, 2.75) is 12.5 Å². The fourth-order valence-corrected chi connectivity index (χ4v) is 1.84. The van der Waals surface area contributed by atoms with Crippen LogP contribution in [0.25, 0.3) is 0 Å². The molecule has 2 N–H and O–H groups in total. The minimum Gasteiger partial charge on any atom is -0.397 e. The second-order valence-corrected chi connectivity index (χ2v) is 4.07. The van der Waals surface area contributed by atoms with Crippen LogP contribution in [-0.2, 0) is 4.74 Å². The maximum Gasteiger partial charge on any atom is 0.0998 e. The van der Waals surface area contributed by atoms with E-state index >= 15 is 0 Å². The van der Waals surface area contributed by atoms with E-state index in [0.29, 0.717) is 0 Å². The maximum atomic E-state index is 5.88. The molecule has 2 rings (SSSR count). The summed E-state index contributed by atoms with van der Waals surface area (Å²) >= 11 is 0. The van der Waals surface area contributed by atoms with E-state index in [1.165, 1.54) is 0 Å². The molecular weight excluding hydrogens is 176 g/mol. The third-order valence-electron chi connectivity index (χ3n) is 2.82. The number of anilines is 2. The van der Waals surface area contributed by atoms with Gasteiger partial charge in [0.25, 0.3) is 0 Å². The van der Waals surface area contributed by atoms with E-state index < -0.39 is 0 Å². The summed E-state index contributed by atoms with van der Waals surface area (Å²) in [6.07, 6.45) is 0. The van der Waals surface area contributed by atoms with Crippen LogP contribution in [0.5, 0.6) is 0 Å². The lowest BCUT2D eigenvalue weighted by Crippen LogP contribution is -2.61. The molecule has 3 heteroatoms. The van der Waals surface area contributed by atoms with Crippen molar-refractivity contribution in [3.8, 4) is 0 Å². The van der Waals surface area contributed by atoms with Crippen molar-refractivity contribution < 1.29 is 4.74 Å².